The van der Waals surface area contributed by atoms with Crippen molar-refractivity contribution >= 4 is 5.69 Å². The molecular formula is C13H20N2O. The largest absolute Gasteiger partial charge is 0.489 e. The second-order valence-corrected chi connectivity index (χ2v) is 4.50. The van der Waals surface area contributed by atoms with E-state index in [0.29, 0.717) is 6.04 Å². The fourth-order valence-corrected chi connectivity index (χ4v) is 2.17. The molecule has 1 heterocycles. The van der Waals surface area contributed by atoms with Crippen LogP contribution >= 0.6 is 0 Å². The van der Waals surface area contributed by atoms with Gasteiger partial charge in [0, 0.05) is 0 Å². The van der Waals surface area contributed by atoms with Crippen molar-refractivity contribution in [1.29, 1.82) is 0 Å². The van der Waals surface area contributed by atoms with E-state index < -0.39 is 0 Å². The highest BCUT2D eigenvalue weighted by molar-refractivity contribution is 5.63. The van der Waals surface area contributed by atoms with E-state index in [2.05, 4.69) is 36.6 Å². The lowest BCUT2D eigenvalue weighted by Gasteiger charge is -2.29. The standard InChI is InChI=1S/C13H20N2O/c1-9-6-10(2)13-12(7-9)15-11(8-16-13)4-5-14-3/h6-7,11,14-15H,4-5,8H2,1-3H3. The van der Waals surface area contributed by atoms with Gasteiger partial charge in [0.25, 0.3) is 0 Å². The first-order chi connectivity index (χ1) is 7.70. The molecule has 0 radical (unpaired) electrons. The maximum absolute atomic E-state index is 5.83. The Morgan fingerprint density at radius 2 is 2.25 bits per heavy atom. The number of aryl methyl sites for hydroxylation is 2. The average Bonchev–Trinajstić information content (AvgIpc) is 2.25. The van der Waals surface area contributed by atoms with E-state index in [1.54, 1.807) is 0 Å². The zero-order valence-electron chi connectivity index (χ0n) is 10.3. The molecule has 0 bridgehead atoms. The summed E-state index contributed by atoms with van der Waals surface area (Å²) in [6.45, 7) is 5.99. The molecule has 1 aliphatic heterocycles. The molecule has 1 atom stereocenters. The van der Waals surface area contributed by atoms with Gasteiger partial charge in [-0.3, -0.25) is 0 Å². The SMILES string of the molecule is CNCCC1COc2c(C)cc(C)cc2N1. The fraction of sp³-hybridized carbons (Fsp3) is 0.538. The molecule has 0 amide bonds. The zero-order valence-corrected chi connectivity index (χ0v) is 10.3. The molecule has 88 valence electrons. The number of rotatable bonds is 3. The fourth-order valence-electron chi connectivity index (χ4n) is 2.17. The normalized spacial score (nSPS) is 18.6. The van der Waals surface area contributed by atoms with Crippen LogP contribution in [0, 0.1) is 13.8 Å². The number of hydrogen-bond acceptors (Lipinski definition) is 3. The summed E-state index contributed by atoms with van der Waals surface area (Å²) in [7, 11) is 1.98. The second-order valence-electron chi connectivity index (χ2n) is 4.50. The van der Waals surface area contributed by atoms with Crippen LogP contribution in [0.25, 0.3) is 0 Å². The molecule has 1 aromatic rings. The quantitative estimate of drug-likeness (QED) is 0.818. The monoisotopic (exact) mass is 220 g/mol. The summed E-state index contributed by atoms with van der Waals surface area (Å²) in [5, 5.41) is 6.71. The lowest BCUT2D eigenvalue weighted by atomic mass is 10.1. The van der Waals surface area contributed by atoms with Gasteiger partial charge in [-0.25, -0.2) is 0 Å². The summed E-state index contributed by atoms with van der Waals surface area (Å²) in [6.07, 6.45) is 1.09. The van der Waals surface area contributed by atoms with Gasteiger partial charge in [-0.1, -0.05) is 6.07 Å². The Morgan fingerprint density at radius 1 is 1.44 bits per heavy atom. The van der Waals surface area contributed by atoms with Gasteiger partial charge in [-0.05, 0) is 51.1 Å². The highest BCUT2D eigenvalue weighted by Crippen LogP contribution is 2.33. The van der Waals surface area contributed by atoms with Crippen LogP contribution in [0.3, 0.4) is 0 Å². The van der Waals surface area contributed by atoms with Crippen molar-refractivity contribution in [3.63, 3.8) is 0 Å². The number of ether oxygens (including phenoxy) is 1. The lowest BCUT2D eigenvalue weighted by Crippen LogP contribution is -2.34. The third-order valence-corrected chi connectivity index (χ3v) is 2.95. The molecule has 0 fully saturated rings. The van der Waals surface area contributed by atoms with Crippen molar-refractivity contribution in [3.05, 3.63) is 23.3 Å². The molecule has 0 aliphatic carbocycles. The molecule has 16 heavy (non-hydrogen) atoms. The van der Waals surface area contributed by atoms with Crippen LogP contribution < -0.4 is 15.4 Å². The van der Waals surface area contributed by atoms with Crippen molar-refractivity contribution in [2.45, 2.75) is 26.3 Å². The molecule has 1 aliphatic rings. The molecule has 0 saturated heterocycles. The van der Waals surface area contributed by atoms with Gasteiger partial charge in [0.05, 0.1) is 11.7 Å². The topological polar surface area (TPSA) is 33.3 Å². The predicted octanol–water partition coefficient (Wildman–Crippen LogP) is 2.09. The van der Waals surface area contributed by atoms with Crippen molar-refractivity contribution in [3.8, 4) is 5.75 Å². The highest BCUT2D eigenvalue weighted by Gasteiger charge is 2.19. The van der Waals surface area contributed by atoms with Gasteiger partial charge in [0.15, 0.2) is 0 Å². The van der Waals surface area contributed by atoms with Gasteiger partial charge in [0.2, 0.25) is 0 Å². The van der Waals surface area contributed by atoms with Crippen LogP contribution in [0.4, 0.5) is 5.69 Å². The Bertz CT molecular complexity index is 376. The van der Waals surface area contributed by atoms with Crippen LogP contribution in [0.5, 0.6) is 5.75 Å². The number of benzene rings is 1. The van der Waals surface area contributed by atoms with Crippen LogP contribution in [0.15, 0.2) is 12.1 Å². The Hall–Kier alpha value is -1.22. The molecule has 1 unspecified atom stereocenters. The van der Waals surface area contributed by atoms with Gasteiger partial charge in [0.1, 0.15) is 12.4 Å². The first kappa shape index (κ1) is 11.3. The Labute approximate surface area is 97.2 Å². The molecular weight excluding hydrogens is 200 g/mol. The van der Waals surface area contributed by atoms with E-state index in [4.69, 9.17) is 4.74 Å². The van der Waals surface area contributed by atoms with Crippen LogP contribution in [-0.2, 0) is 0 Å². The van der Waals surface area contributed by atoms with E-state index in [9.17, 15) is 0 Å². The number of anilines is 1. The van der Waals surface area contributed by atoms with Crippen molar-refractivity contribution in [2.75, 3.05) is 25.5 Å². The number of fused-ring (bicyclic) bond motifs is 1. The Morgan fingerprint density at radius 3 is 3.00 bits per heavy atom. The van der Waals surface area contributed by atoms with Crippen molar-refractivity contribution < 1.29 is 4.74 Å². The van der Waals surface area contributed by atoms with E-state index in [1.807, 2.05) is 7.05 Å². The lowest BCUT2D eigenvalue weighted by molar-refractivity contribution is 0.276. The molecule has 2 rings (SSSR count). The summed E-state index contributed by atoms with van der Waals surface area (Å²) in [4.78, 5) is 0. The van der Waals surface area contributed by atoms with Crippen molar-refractivity contribution in [1.82, 2.24) is 5.32 Å². The predicted molar refractivity (Wildman–Crippen MR) is 67.4 cm³/mol. The number of nitrogens with one attached hydrogen (secondary N) is 2. The third-order valence-electron chi connectivity index (χ3n) is 2.95. The second kappa shape index (κ2) is 4.74. The first-order valence-electron chi connectivity index (χ1n) is 5.86. The number of hydrogen-bond donors (Lipinski definition) is 2. The minimum atomic E-state index is 0.418. The molecule has 0 spiro atoms. The maximum atomic E-state index is 5.83. The van der Waals surface area contributed by atoms with Crippen molar-refractivity contribution in [2.24, 2.45) is 0 Å². The minimum Gasteiger partial charge on any atom is -0.489 e. The van der Waals surface area contributed by atoms with Gasteiger partial charge in [-0.15, -0.1) is 0 Å². The average molecular weight is 220 g/mol. The van der Waals surface area contributed by atoms with Gasteiger partial charge < -0.3 is 15.4 Å². The summed E-state index contributed by atoms with van der Waals surface area (Å²) in [5.41, 5.74) is 3.64. The summed E-state index contributed by atoms with van der Waals surface area (Å²) in [6, 6.07) is 4.74. The van der Waals surface area contributed by atoms with Gasteiger partial charge in [-0.2, -0.15) is 0 Å². The van der Waals surface area contributed by atoms with E-state index in [1.165, 1.54) is 11.1 Å². The zero-order chi connectivity index (χ0) is 11.5. The highest BCUT2D eigenvalue weighted by atomic mass is 16.5. The van der Waals surface area contributed by atoms with E-state index in [-0.39, 0.29) is 0 Å². The molecule has 2 N–H and O–H groups in total. The minimum absolute atomic E-state index is 0.418. The van der Waals surface area contributed by atoms with Crippen LogP contribution in [0.1, 0.15) is 17.5 Å². The summed E-state index contributed by atoms with van der Waals surface area (Å²) < 4.78 is 5.83. The van der Waals surface area contributed by atoms with Crippen LogP contribution in [0.2, 0.25) is 0 Å². The third kappa shape index (κ3) is 2.30. The smallest absolute Gasteiger partial charge is 0.145 e. The maximum Gasteiger partial charge on any atom is 0.145 e. The summed E-state index contributed by atoms with van der Waals surface area (Å²) >= 11 is 0. The molecule has 0 saturated carbocycles. The van der Waals surface area contributed by atoms with E-state index in [0.717, 1.165) is 31.0 Å². The molecule has 0 aromatic heterocycles. The molecule has 3 heteroatoms. The Kier molecular flexibility index (Phi) is 3.34. The van der Waals surface area contributed by atoms with E-state index >= 15 is 0 Å². The first-order valence-corrected chi connectivity index (χ1v) is 5.86. The van der Waals surface area contributed by atoms with Crippen LogP contribution in [-0.4, -0.2) is 26.2 Å². The summed E-state index contributed by atoms with van der Waals surface area (Å²) in [5.74, 6) is 1.02. The molecule has 3 nitrogen and oxygen atoms in total. The molecule has 1 aromatic carbocycles. The Balaban J connectivity index is 2.13. The van der Waals surface area contributed by atoms with Gasteiger partial charge >= 0.3 is 0 Å².